The minimum Gasteiger partial charge on any atom is -0.463 e. The van der Waals surface area contributed by atoms with Crippen LogP contribution in [0.5, 0.6) is 0 Å². The molecule has 0 bridgehead atoms. The Bertz CT molecular complexity index is 792. The zero-order valence-corrected chi connectivity index (χ0v) is 16.8. The van der Waals surface area contributed by atoms with Crippen molar-refractivity contribution in [3.8, 4) is 0 Å². The molecule has 1 unspecified atom stereocenters. The van der Waals surface area contributed by atoms with E-state index >= 15 is 0 Å². The first-order valence-electron chi connectivity index (χ1n) is 9.34. The molecule has 0 amide bonds. The highest BCUT2D eigenvalue weighted by atomic mass is 19.4. The lowest BCUT2D eigenvalue weighted by atomic mass is 9.81. The summed E-state index contributed by atoms with van der Waals surface area (Å²) in [5.41, 5.74) is -0.0985. The highest BCUT2D eigenvalue weighted by Crippen LogP contribution is 2.45. The molecule has 1 aliphatic heterocycles. The largest absolute Gasteiger partial charge is 0.463 e. The third kappa shape index (κ3) is 4.18. The summed E-state index contributed by atoms with van der Waals surface area (Å²) in [6.45, 7) is 10.2. The predicted octanol–water partition coefficient (Wildman–Crippen LogP) is 5.23. The predicted molar refractivity (Wildman–Crippen MR) is 100 cm³/mol. The van der Waals surface area contributed by atoms with E-state index in [0.717, 1.165) is 6.07 Å². The number of halogens is 3. The van der Waals surface area contributed by atoms with E-state index in [0.29, 0.717) is 24.5 Å². The van der Waals surface area contributed by atoms with Gasteiger partial charge in [-0.25, -0.2) is 4.79 Å². The van der Waals surface area contributed by atoms with E-state index in [1.54, 1.807) is 26.8 Å². The molecule has 1 aliphatic rings. The fourth-order valence-corrected chi connectivity index (χ4v) is 3.51. The van der Waals surface area contributed by atoms with Crippen LogP contribution in [0, 0.1) is 0 Å². The van der Waals surface area contributed by atoms with E-state index < -0.39 is 23.6 Å². The second kappa shape index (κ2) is 8.71. The van der Waals surface area contributed by atoms with Crippen LogP contribution in [0.2, 0.25) is 0 Å². The van der Waals surface area contributed by atoms with Gasteiger partial charge in [-0.2, -0.15) is 13.2 Å². The normalized spacial score (nSPS) is 17.5. The fourth-order valence-electron chi connectivity index (χ4n) is 3.51. The van der Waals surface area contributed by atoms with Crippen molar-refractivity contribution >= 4 is 5.97 Å². The quantitative estimate of drug-likeness (QED) is 0.616. The smallest absolute Gasteiger partial charge is 0.416 e. The Hall–Kier alpha value is -2.44. The van der Waals surface area contributed by atoms with E-state index in [-0.39, 0.29) is 23.5 Å². The number of esters is 1. The number of carbonyl (C=O) groups is 1. The fraction of sp³-hybridized carbons (Fsp3) is 0.476. The van der Waals surface area contributed by atoms with E-state index in [2.05, 4.69) is 0 Å². The highest BCUT2D eigenvalue weighted by molar-refractivity contribution is 5.92. The molecule has 7 heteroatoms. The van der Waals surface area contributed by atoms with E-state index in [4.69, 9.17) is 9.47 Å². The van der Waals surface area contributed by atoms with Crippen molar-refractivity contribution in [3.05, 3.63) is 58.2 Å². The van der Waals surface area contributed by atoms with Crippen LogP contribution >= 0.6 is 0 Å². The van der Waals surface area contributed by atoms with Crippen LogP contribution in [0.25, 0.3) is 0 Å². The number of rotatable bonds is 6. The summed E-state index contributed by atoms with van der Waals surface area (Å²) in [6, 6.07) is 5.33. The third-order valence-corrected chi connectivity index (χ3v) is 4.81. The molecule has 0 spiro atoms. The van der Waals surface area contributed by atoms with Crippen LogP contribution < -0.4 is 0 Å². The Labute approximate surface area is 163 Å². The van der Waals surface area contributed by atoms with Gasteiger partial charge in [0.25, 0.3) is 0 Å². The molecule has 0 radical (unpaired) electrons. The maximum Gasteiger partial charge on any atom is 0.416 e. The van der Waals surface area contributed by atoms with E-state index in [1.165, 1.54) is 12.1 Å². The molecule has 0 N–H and O–H groups in total. The summed E-state index contributed by atoms with van der Waals surface area (Å²) >= 11 is 0. The number of hydrogen-bond acceptors (Lipinski definition) is 4. The molecule has 1 aromatic carbocycles. The molecule has 0 aromatic heterocycles. The second-order valence-corrected chi connectivity index (χ2v) is 6.47. The van der Waals surface area contributed by atoms with Crippen LogP contribution in [0.15, 0.2) is 47.1 Å². The van der Waals surface area contributed by atoms with Crippen LogP contribution in [0.1, 0.15) is 51.7 Å². The zero-order valence-electron chi connectivity index (χ0n) is 16.8. The van der Waals surface area contributed by atoms with Gasteiger partial charge in [0.2, 0.25) is 0 Å². The molecule has 0 aliphatic carbocycles. The van der Waals surface area contributed by atoms with Crippen molar-refractivity contribution in [2.24, 2.45) is 0 Å². The Kier molecular flexibility index (Phi) is 6.80. The lowest BCUT2D eigenvalue weighted by molar-refractivity contribution is -0.141. The van der Waals surface area contributed by atoms with Gasteiger partial charge in [0.05, 0.1) is 17.7 Å². The highest BCUT2D eigenvalue weighted by Gasteiger charge is 2.41. The van der Waals surface area contributed by atoms with Crippen LogP contribution in [0.4, 0.5) is 13.2 Å². The van der Waals surface area contributed by atoms with Crippen molar-refractivity contribution < 1.29 is 27.4 Å². The number of benzene rings is 1. The first kappa shape index (κ1) is 21.9. The van der Waals surface area contributed by atoms with Gasteiger partial charge in [-0.05, 0) is 51.8 Å². The average molecular weight is 397 g/mol. The number of carbonyl (C=O) groups excluding carboxylic acids is 1. The molecule has 154 valence electrons. The molecule has 1 heterocycles. The number of hydrogen-bond donors (Lipinski definition) is 0. The Morgan fingerprint density at radius 2 is 1.75 bits per heavy atom. The molecule has 0 saturated carbocycles. The molecule has 2 rings (SSSR count). The Morgan fingerprint density at radius 3 is 2.29 bits per heavy atom. The SMILES string of the molecule is CCOC(=O)C1=C(C)OC(N(CC)CC)=C(C)C1c1ccccc1C(F)(F)F. The lowest BCUT2D eigenvalue weighted by Crippen LogP contribution is -2.31. The van der Waals surface area contributed by atoms with Gasteiger partial charge in [-0.1, -0.05) is 18.2 Å². The first-order valence-corrected chi connectivity index (χ1v) is 9.34. The molecular weight excluding hydrogens is 371 g/mol. The number of allylic oxidation sites excluding steroid dienone is 2. The maximum atomic E-state index is 13.7. The van der Waals surface area contributed by atoms with E-state index in [9.17, 15) is 18.0 Å². The minimum absolute atomic E-state index is 0.0165. The zero-order chi connectivity index (χ0) is 21.1. The second-order valence-electron chi connectivity index (χ2n) is 6.47. The van der Waals surface area contributed by atoms with Crippen molar-refractivity contribution in [3.63, 3.8) is 0 Å². The summed E-state index contributed by atoms with van der Waals surface area (Å²) in [6.07, 6.45) is -4.54. The topological polar surface area (TPSA) is 38.8 Å². The summed E-state index contributed by atoms with van der Waals surface area (Å²) in [4.78, 5) is 14.6. The number of ether oxygens (including phenoxy) is 2. The number of alkyl halides is 3. The molecule has 1 atom stereocenters. The van der Waals surface area contributed by atoms with Crippen molar-refractivity contribution in [1.82, 2.24) is 4.90 Å². The summed E-state index contributed by atoms with van der Waals surface area (Å²) < 4.78 is 52.1. The Balaban J connectivity index is 2.75. The molecule has 0 saturated heterocycles. The van der Waals surface area contributed by atoms with Gasteiger partial charge in [0, 0.05) is 19.0 Å². The third-order valence-electron chi connectivity index (χ3n) is 4.81. The van der Waals surface area contributed by atoms with Crippen molar-refractivity contribution in [1.29, 1.82) is 0 Å². The van der Waals surface area contributed by atoms with Gasteiger partial charge < -0.3 is 14.4 Å². The standard InChI is InChI=1S/C21H26F3NO3/c1-6-25(7-2)19-13(4)17(18(14(5)28-19)20(26)27-8-3)15-11-9-10-12-16(15)21(22,23)24/h9-12,17H,6-8H2,1-5H3. The molecule has 1 aromatic rings. The van der Waals surface area contributed by atoms with Gasteiger partial charge >= 0.3 is 12.1 Å². The van der Waals surface area contributed by atoms with Gasteiger partial charge in [-0.15, -0.1) is 0 Å². The molecule has 4 nitrogen and oxygen atoms in total. The van der Waals surface area contributed by atoms with Crippen molar-refractivity contribution in [2.45, 2.75) is 46.7 Å². The monoisotopic (exact) mass is 397 g/mol. The average Bonchev–Trinajstić information content (AvgIpc) is 2.64. The van der Waals surface area contributed by atoms with Crippen LogP contribution in [-0.2, 0) is 20.4 Å². The minimum atomic E-state index is -4.54. The molecular formula is C21H26F3NO3. The van der Waals surface area contributed by atoms with Gasteiger partial charge in [-0.3, -0.25) is 0 Å². The van der Waals surface area contributed by atoms with Crippen molar-refractivity contribution in [2.75, 3.05) is 19.7 Å². The number of nitrogens with zero attached hydrogens (tertiary/aromatic N) is 1. The summed E-state index contributed by atoms with van der Waals surface area (Å²) in [5, 5.41) is 0. The molecule has 0 fully saturated rings. The van der Waals surface area contributed by atoms with Gasteiger partial charge in [0.1, 0.15) is 5.76 Å². The van der Waals surface area contributed by atoms with E-state index in [1.807, 2.05) is 18.7 Å². The Morgan fingerprint density at radius 1 is 1.14 bits per heavy atom. The molecule has 28 heavy (non-hydrogen) atoms. The summed E-state index contributed by atoms with van der Waals surface area (Å²) in [7, 11) is 0. The summed E-state index contributed by atoms with van der Waals surface area (Å²) in [5.74, 6) is -0.827. The maximum absolute atomic E-state index is 13.7. The lowest BCUT2D eigenvalue weighted by Gasteiger charge is -2.35. The van der Waals surface area contributed by atoms with Gasteiger partial charge in [0.15, 0.2) is 5.88 Å². The van der Waals surface area contributed by atoms with Crippen LogP contribution in [-0.4, -0.2) is 30.6 Å². The first-order chi connectivity index (χ1) is 13.2. The van der Waals surface area contributed by atoms with Crippen LogP contribution in [0.3, 0.4) is 0 Å².